The number of amides is 1. The zero-order chi connectivity index (χ0) is 25.9. The summed E-state index contributed by atoms with van der Waals surface area (Å²) in [5.74, 6) is -0.374. The molecule has 1 fully saturated rings. The molecule has 1 saturated heterocycles. The van der Waals surface area contributed by atoms with Gasteiger partial charge in [-0.15, -0.1) is 0 Å². The number of hydrogen-bond acceptors (Lipinski definition) is 5. The Hall–Kier alpha value is -3.30. The molecule has 1 aliphatic rings. The number of aromatic nitrogens is 1. The van der Waals surface area contributed by atoms with E-state index in [-0.39, 0.29) is 41.3 Å². The molecular weight excluding hydrogens is 481 g/mol. The summed E-state index contributed by atoms with van der Waals surface area (Å²) in [6.45, 7) is 6.18. The van der Waals surface area contributed by atoms with E-state index in [9.17, 15) is 17.6 Å². The molecule has 0 bridgehead atoms. The van der Waals surface area contributed by atoms with Gasteiger partial charge in [-0.25, -0.2) is 12.8 Å². The van der Waals surface area contributed by atoms with Gasteiger partial charge >= 0.3 is 0 Å². The van der Waals surface area contributed by atoms with Gasteiger partial charge in [0.25, 0.3) is 0 Å². The van der Waals surface area contributed by atoms with Crippen molar-refractivity contribution in [3.8, 4) is 0 Å². The minimum Gasteiger partial charge on any atom is -0.355 e. The Morgan fingerprint density at radius 1 is 1.11 bits per heavy atom. The first-order valence-corrected chi connectivity index (χ1v) is 13.4. The van der Waals surface area contributed by atoms with Crippen molar-refractivity contribution in [1.29, 1.82) is 0 Å². The molecule has 7 nitrogen and oxygen atoms in total. The Morgan fingerprint density at radius 3 is 2.42 bits per heavy atom. The van der Waals surface area contributed by atoms with E-state index in [2.05, 4.69) is 24.3 Å². The summed E-state index contributed by atoms with van der Waals surface area (Å²) in [6.07, 6.45) is 3.67. The standard InChI is InChI=1S/C27H30FN3O4S/c1-18(2)20-8-11-23(12-9-20)29-27(32)22-14-16-31(17-15-22)36(33,34)26-19(3)30-35-25(26)13-10-21-6-4-5-7-24(21)28/h4-13,18,22H,14-17H2,1-3H3,(H,29,32). The molecule has 0 aliphatic carbocycles. The Morgan fingerprint density at radius 2 is 1.78 bits per heavy atom. The van der Waals surface area contributed by atoms with Crippen LogP contribution in [0.4, 0.5) is 10.1 Å². The SMILES string of the molecule is Cc1noc(C=Cc2ccccc2F)c1S(=O)(=O)N1CCC(C(=O)Nc2ccc(C(C)C)cc2)CC1. The number of nitrogens with zero attached hydrogens (tertiary/aromatic N) is 2. The number of carbonyl (C=O) groups is 1. The van der Waals surface area contributed by atoms with Crippen molar-refractivity contribution in [3.63, 3.8) is 0 Å². The molecule has 0 radical (unpaired) electrons. The number of anilines is 1. The maximum Gasteiger partial charge on any atom is 0.248 e. The molecule has 0 spiro atoms. The predicted molar refractivity (Wildman–Crippen MR) is 137 cm³/mol. The summed E-state index contributed by atoms with van der Waals surface area (Å²) < 4.78 is 47.4. The molecule has 2 aromatic carbocycles. The topological polar surface area (TPSA) is 92.5 Å². The van der Waals surface area contributed by atoms with Gasteiger partial charge < -0.3 is 9.84 Å². The van der Waals surface area contributed by atoms with Gasteiger partial charge in [0.1, 0.15) is 11.5 Å². The number of halogens is 1. The van der Waals surface area contributed by atoms with E-state index in [4.69, 9.17) is 4.52 Å². The van der Waals surface area contributed by atoms with Crippen LogP contribution in [0.25, 0.3) is 12.2 Å². The number of sulfonamides is 1. The van der Waals surface area contributed by atoms with Crippen LogP contribution in [0.3, 0.4) is 0 Å². The molecular formula is C27H30FN3O4S. The third-order valence-electron chi connectivity index (χ3n) is 6.42. The highest BCUT2D eigenvalue weighted by Crippen LogP contribution is 2.30. The second-order valence-electron chi connectivity index (χ2n) is 9.26. The van der Waals surface area contributed by atoms with Crippen molar-refractivity contribution in [1.82, 2.24) is 9.46 Å². The number of nitrogens with one attached hydrogen (secondary N) is 1. The Balaban J connectivity index is 1.43. The lowest BCUT2D eigenvalue weighted by Crippen LogP contribution is -2.41. The Kier molecular flexibility index (Phi) is 7.70. The zero-order valence-corrected chi connectivity index (χ0v) is 21.4. The van der Waals surface area contributed by atoms with Crippen LogP contribution in [-0.4, -0.2) is 36.9 Å². The average molecular weight is 512 g/mol. The number of hydrogen-bond donors (Lipinski definition) is 1. The van der Waals surface area contributed by atoms with Crippen molar-refractivity contribution < 1.29 is 22.1 Å². The molecule has 9 heteroatoms. The highest BCUT2D eigenvalue weighted by molar-refractivity contribution is 7.89. The molecule has 2 heterocycles. The zero-order valence-electron chi connectivity index (χ0n) is 20.6. The first-order valence-electron chi connectivity index (χ1n) is 12.0. The molecule has 1 aliphatic heterocycles. The van der Waals surface area contributed by atoms with E-state index in [0.717, 1.165) is 5.69 Å². The van der Waals surface area contributed by atoms with E-state index < -0.39 is 15.8 Å². The molecule has 0 unspecified atom stereocenters. The maximum atomic E-state index is 14.0. The number of rotatable bonds is 7. The van der Waals surface area contributed by atoms with Gasteiger partial charge in [0, 0.05) is 30.3 Å². The van der Waals surface area contributed by atoms with E-state index in [1.165, 1.54) is 28.1 Å². The summed E-state index contributed by atoms with van der Waals surface area (Å²) >= 11 is 0. The van der Waals surface area contributed by atoms with Crippen LogP contribution >= 0.6 is 0 Å². The molecule has 1 aromatic heterocycles. The van der Waals surface area contributed by atoms with Gasteiger partial charge in [-0.1, -0.05) is 49.3 Å². The summed E-state index contributed by atoms with van der Waals surface area (Å²) in [5, 5.41) is 6.77. The van der Waals surface area contributed by atoms with Crippen molar-refractivity contribution in [2.24, 2.45) is 5.92 Å². The predicted octanol–water partition coefficient (Wildman–Crippen LogP) is 5.46. The molecule has 190 valence electrons. The quantitative estimate of drug-likeness (QED) is 0.455. The van der Waals surface area contributed by atoms with E-state index in [0.29, 0.717) is 24.3 Å². The van der Waals surface area contributed by atoms with Gasteiger partial charge in [-0.05, 0) is 61.6 Å². The van der Waals surface area contributed by atoms with Crippen LogP contribution in [-0.2, 0) is 14.8 Å². The van der Waals surface area contributed by atoms with Crippen LogP contribution in [0.1, 0.15) is 55.2 Å². The third-order valence-corrected chi connectivity index (χ3v) is 8.48. The third kappa shape index (κ3) is 5.57. The van der Waals surface area contributed by atoms with Crippen LogP contribution in [0.15, 0.2) is 57.9 Å². The van der Waals surface area contributed by atoms with Crippen molar-refractivity contribution >= 4 is 33.8 Å². The first-order chi connectivity index (χ1) is 17.2. The van der Waals surface area contributed by atoms with Crippen LogP contribution in [0.2, 0.25) is 0 Å². The summed E-state index contributed by atoms with van der Waals surface area (Å²) in [6, 6.07) is 13.9. The minimum absolute atomic E-state index is 0.0387. The molecule has 0 saturated carbocycles. The number of piperidine rings is 1. The second-order valence-corrected chi connectivity index (χ2v) is 11.1. The Bertz CT molecular complexity index is 1360. The van der Waals surface area contributed by atoms with Crippen molar-refractivity contribution in [2.45, 2.75) is 44.4 Å². The summed E-state index contributed by atoms with van der Waals surface area (Å²) in [4.78, 5) is 12.7. The van der Waals surface area contributed by atoms with Gasteiger partial charge in [0.2, 0.25) is 15.9 Å². The number of carbonyl (C=O) groups excluding carboxylic acids is 1. The fourth-order valence-corrected chi connectivity index (χ4v) is 5.98. The van der Waals surface area contributed by atoms with Crippen LogP contribution < -0.4 is 5.32 Å². The maximum absolute atomic E-state index is 14.0. The number of benzene rings is 2. The largest absolute Gasteiger partial charge is 0.355 e. The summed E-state index contributed by atoms with van der Waals surface area (Å²) in [5.41, 5.74) is 2.46. The molecule has 1 N–H and O–H groups in total. The molecule has 0 atom stereocenters. The fraction of sp³-hybridized carbons (Fsp3) is 0.333. The normalized spacial score (nSPS) is 15.6. The first kappa shape index (κ1) is 25.8. The summed E-state index contributed by atoms with van der Waals surface area (Å²) in [7, 11) is -3.92. The highest BCUT2D eigenvalue weighted by atomic mass is 32.2. The fourth-order valence-electron chi connectivity index (χ4n) is 4.26. The Labute approximate surface area is 211 Å². The smallest absolute Gasteiger partial charge is 0.248 e. The average Bonchev–Trinajstić information content (AvgIpc) is 3.25. The molecule has 1 amide bonds. The van der Waals surface area contributed by atoms with Crippen molar-refractivity contribution in [3.05, 3.63) is 76.9 Å². The van der Waals surface area contributed by atoms with Gasteiger partial charge in [-0.3, -0.25) is 4.79 Å². The van der Waals surface area contributed by atoms with Gasteiger partial charge in [-0.2, -0.15) is 4.31 Å². The molecule has 4 rings (SSSR count). The van der Waals surface area contributed by atoms with Gasteiger partial charge in [0.05, 0.1) is 0 Å². The lowest BCUT2D eigenvalue weighted by atomic mass is 9.97. The van der Waals surface area contributed by atoms with E-state index in [1.807, 2.05) is 24.3 Å². The number of aryl methyl sites for hydroxylation is 1. The highest BCUT2D eigenvalue weighted by Gasteiger charge is 2.36. The second kappa shape index (κ2) is 10.8. The lowest BCUT2D eigenvalue weighted by Gasteiger charge is -2.30. The minimum atomic E-state index is -3.92. The lowest BCUT2D eigenvalue weighted by molar-refractivity contribution is -0.120. The molecule has 3 aromatic rings. The van der Waals surface area contributed by atoms with E-state index in [1.54, 1.807) is 25.1 Å². The molecule has 36 heavy (non-hydrogen) atoms. The van der Waals surface area contributed by atoms with Crippen LogP contribution in [0.5, 0.6) is 0 Å². The van der Waals surface area contributed by atoms with Gasteiger partial charge in [0.15, 0.2) is 10.7 Å². The van der Waals surface area contributed by atoms with Crippen molar-refractivity contribution in [2.75, 3.05) is 18.4 Å². The van der Waals surface area contributed by atoms with Crippen LogP contribution in [0, 0.1) is 18.7 Å². The van der Waals surface area contributed by atoms with E-state index >= 15 is 0 Å². The monoisotopic (exact) mass is 511 g/mol.